The molecule has 4 heteroatoms. The molecule has 0 aliphatic carbocycles. The van der Waals surface area contributed by atoms with E-state index in [0.717, 1.165) is 31.5 Å². The fourth-order valence-corrected chi connectivity index (χ4v) is 2.37. The first-order chi connectivity index (χ1) is 9.15. The average molecular weight is 263 g/mol. The predicted molar refractivity (Wildman–Crippen MR) is 73.4 cm³/mol. The quantitative estimate of drug-likeness (QED) is 0.911. The highest BCUT2D eigenvalue weighted by atomic mass is 16.5. The van der Waals surface area contributed by atoms with E-state index in [-0.39, 0.29) is 18.3 Å². The molecule has 0 saturated carbocycles. The zero-order valence-electron chi connectivity index (χ0n) is 11.4. The van der Waals surface area contributed by atoms with Gasteiger partial charge in [0.15, 0.2) is 6.61 Å². The van der Waals surface area contributed by atoms with Crippen molar-refractivity contribution >= 4 is 5.91 Å². The van der Waals surface area contributed by atoms with E-state index in [1.807, 2.05) is 17.9 Å². The van der Waals surface area contributed by atoms with Crippen LogP contribution in [0.5, 0.6) is 11.5 Å². The second kappa shape index (κ2) is 6.45. The van der Waals surface area contributed by atoms with Gasteiger partial charge in [0, 0.05) is 19.2 Å². The molecule has 1 aromatic carbocycles. The van der Waals surface area contributed by atoms with Crippen molar-refractivity contribution < 1.29 is 14.6 Å². The smallest absolute Gasteiger partial charge is 0.260 e. The maximum atomic E-state index is 12.0. The lowest BCUT2D eigenvalue weighted by atomic mass is 10.2. The molecule has 1 amide bonds. The van der Waals surface area contributed by atoms with Gasteiger partial charge in [0.2, 0.25) is 0 Å². The van der Waals surface area contributed by atoms with Gasteiger partial charge >= 0.3 is 0 Å². The van der Waals surface area contributed by atoms with Gasteiger partial charge in [-0.05, 0) is 37.5 Å². The second-order valence-electron chi connectivity index (χ2n) is 5.09. The molecule has 1 aliphatic heterocycles. The summed E-state index contributed by atoms with van der Waals surface area (Å²) in [6.07, 6.45) is 4.57. The number of hydrogen-bond donors (Lipinski definition) is 1. The molecule has 2 rings (SSSR count). The third-order valence-corrected chi connectivity index (χ3v) is 3.36. The minimum absolute atomic E-state index is 0.0305. The number of carbonyl (C=O) groups excluding carboxylic acids is 1. The van der Waals surface area contributed by atoms with Crippen LogP contribution in [0.25, 0.3) is 0 Å². The summed E-state index contributed by atoms with van der Waals surface area (Å²) < 4.78 is 5.47. The van der Waals surface area contributed by atoms with Crippen LogP contribution in [-0.2, 0) is 4.79 Å². The van der Waals surface area contributed by atoms with Gasteiger partial charge in [0.1, 0.15) is 11.5 Å². The van der Waals surface area contributed by atoms with Crippen molar-refractivity contribution in [2.45, 2.75) is 32.6 Å². The van der Waals surface area contributed by atoms with Crippen LogP contribution >= 0.6 is 0 Å². The Morgan fingerprint density at radius 2 is 1.89 bits per heavy atom. The molecule has 1 aromatic rings. The van der Waals surface area contributed by atoms with E-state index in [1.165, 1.54) is 18.9 Å². The normalized spacial score (nSPS) is 15.9. The van der Waals surface area contributed by atoms with Gasteiger partial charge in [0.25, 0.3) is 5.91 Å². The molecule has 104 valence electrons. The first kappa shape index (κ1) is 13.7. The summed E-state index contributed by atoms with van der Waals surface area (Å²) in [7, 11) is 0. The minimum Gasteiger partial charge on any atom is -0.508 e. The van der Waals surface area contributed by atoms with Crippen LogP contribution < -0.4 is 4.74 Å². The number of carbonyl (C=O) groups is 1. The molecule has 0 unspecified atom stereocenters. The highest BCUT2D eigenvalue weighted by molar-refractivity contribution is 5.77. The van der Waals surface area contributed by atoms with Gasteiger partial charge < -0.3 is 14.7 Å². The lowest BCUT2D eigenvalue weighted by molar-refractivity contribution is -0.133. The number of amides is 1. The maximum Gasteiger partial charge on any atom is 0.260 e. The molecule has 1 heterocycles. The van der Waals surface area contributed by atoms with Crippen LogP contribution in [0, 0.1) is 6.92 Å². The molecule has 1 N–H and O–H groups in total. The van der Waals surface area contributed by atoms with Gasteiger partial charge in [-0.1, -0.05) is 12.8 Å². The van der Waals surface area contributed by atoms with Crippen molar-refractivity contribution in [1.29, 1.82) is 0 Å². The Labute approximate surface area is 114 Å². The average Bonchev–Trinajstić information content (AvgIpc) is 2.63. The molecule has 0 radical (unpaired) electrons. The highest BCUT2D eigenvalue weighted by Gasteiger charge is 2.15. The van der Waals surface area contributed by atoms with Crippen LogP contribution in [0.4, 0.5) is 0 Å². The SMILES string of the molecule is Cc1cc(O)cc(OCC(=O)N2CCCCCC2)c1. The molecule has 1 fully saturated rings. The zero-order chi connectivity index (χ0) is 13.7. The lowest BCUT2D eigenvalue weighted by Gasteiger charge is -2.20. The van der Waals surface area contributed by atoms with E-state index in [1.54, 1.807) is 6.07 Å². The number of hydrogen-bond acceptors (Lipinski definition) is 3. The van der Waals surface area contributed by atoms with Crippen LogP contribution in [0.1, 0.15) is 31.2 Å². The Balaban J connectivity index is 1.88. The van der Waals surface area contributed by atoms with Crippen LogP contribution in [0.2, 0.25) is 0 Å². The Kier molecular flexibility index (Phi) is 4.66. The Bertz CT molecular complexity index is 417. The molecular formula is C15H21NO3. The number of likely N-dealkylation sites (tertiary alicyclic amines) is 1. The first-order valence-corrected chi connectivity index (χ1v) is 6.86. The Hall–Kier alpha value is -1.71. The minimum atomic E-state index is 0.0305. The number of phenols is 1. The van der Waals surface area contributed by atoms with E-state index < -0.39 is 0 Å². The van der Waals surface area contributed by atoms with E-state index in [2.05, 4.69) is 0 Å². The molecule has 0 bridgehead atoms. The molecule has 1 aliphatic rings. The standard InChI is InChI=1S/C15H21NO3/c1-12-8-13(17)10-14(9-12)19-11-15(18)16-6-4-2-3-5-7-16/h8-10,17H,2-7,11H2,1H3. The number of ether oxygens (including phenoxy) is 1. The Morgan fingerprint density at radius 3 is 2.53 bits per heavy atom. The van der Waals surface area contributed by atoms with Crippen LogP contribution in [-0.4, -0.2) is 35.6 Å². The fourth-order valence-electron chi connectivity index (χ4n) is 2.37. The summed E-state index contributed by atoms with van der Waals surface area (Å²) in [4.78, 5) is 13.9. The first-order valence-electron chi connectivity index (χ1n) is 6.86. The van der Waals surface area contributed by atoms with E-state index in [9.17, 15) is 9.90 Å². The lowest BCUT2D eigenvalue weighted by Crippen LogP contribution is -2.35. The number of nitrogens with zero attached hydrogens (tertiary/aromatic N) is 1. The number of aromatic hydroxyl groups is 1. The number of aryl methyl sites for hydroxylation is 1. The van der Waals surface area contributed by atoms with Gasteiger partial charge in [-0.25, -0.2) is 0 Å². The van der Waals surface area contributed by atoms with Crippen molar-refractivity contribution in [3.05, 3.63) is 23.8 Å². The number of rotatable bonds is 3. The number of phenolic OH excluding ortho intramolecular Hbond substituents is 1. The van der Waals surface area contributed by atoms with Gasteiger partial charge in [-0.15, -0.1) is 0 Å². The van der Waals surface area contributed by atoms with E-state index >= 15 is 0 Å². The summed E-state index contributed by atoms with van der Waals surface area (Å²) in [5.41, 5.74) is 0.914. The molecule has 0 spiro atoms. The fraction of sp³-hybridized carbons (Fsp3) is 0.533. The largest absolute Gasteiger partial charge is 0.508 e. The maximum absolute atomic E-state index is 12.0. The zero-order valence-corrected chi connectivity index (χ0v) is 11.4. The van der Waals surface area contributed by atoms with Gasteiger partial charge in [0.05, 0.1) is 0 Å². The van der Waals surface area contributed by atoms with Crippen molar-refractivity contribution in [1.82, 2.24) is 4.90 Å². The summed E-state index contributed by atoms with van der Waals surface area (Å²) in [5.74, 6) is 0.737. The third-order valence-electron chi connectivity index (χ3n) is 3.36. The van der Waals surface area contributed by atoms with Crippen LogP contribution in [0.3, 0.4) is 0 Å². The van der Waals surface area contributed by atoms with Gasteiger partial charge in [-0.3, -0.25) is 4.79 Å². The molecule has 0 atom stereocenters. The van der Waals surface area contributed by atoms with Crippen molar-refractivity contribution in [2.24, 2.45) is 0 Å². The molecule has 0 aromatic heterocycles. The molecule has 19 heavy (non-hydrogen) atoms. The Morgan fingerprint density at radius 1 is 1.21 bits per heavy atom. The predicted octanol–water partition coefficient (Wildman–Crippen LogP) is 2.48. The summed E-state index contributed by atoms with van der Waals surface area (Å²) in [5, 5.41) is 9.47. The highest BCUT2D eigenvalue weighted by Crippen LogP contribution is 2.21. The van der Waals surface area contributed by atoms with Crippen molar-refractivity contribution in [3.8, 4) is 11.5 Å². The van der Waals surface area contributed by atoms with Crippen LogP contribution in [0.15, 0.2) is 18.2 Å². The van der Waals surface area contributed by atoms with Crippen molar-refractivity contribution in [2.75, 3.05) is 19.7 Å². The summed E-state index contributed by atoms with van der Waals surface area (Å²) in [6.45, 7) is 3.59. The topological polar surface area (TPSA) is 49.8 Å². The molecule has 1 saturated heterocycles. The summed E-state index contributed by atoms with van der Waals surface area (Å²) >= 11 is 0. The van der Waals surface area contributed by atoms with Gasteiger partial charge in [-0.2, -0.15) is 0 Å². The van der Waals surface area contributed by atoms with Crippen molar-refractivity contribution in [3.63, 3.8) is 0 Å². The second-order valence-corrected chi connectivity index (χ2v) is 5.09. The molecular weight excluding hydrogens is 242 g/mol. The monoisotopic (exact) mass is 263 g/mol. The van der Waals surface area contributed by atoms with E-state index in [0.29, 0.717) is 5.75 Å². The van der Waals surface area contributed by atoms with E-state index in [4.69, 9.17) is 4.74 Å². The molecule has 4 nitrogen and oxygen atoms in total. The third kappa shape index (κ3) is 4.16. The number of benzene rings is 1. The summed E-state index contributed by atoms with van der Waals surface area (Å²) in [6, 6.07) is 5.00.